The van der Waals surface area contributed by atoms with E-state index in [9.17, 15) is 0 Å². The van der Waals surface area contributed by atoms with Crippen LogP contribution in [0.3, 0.4) is 0 Å². The van der Waals surface area contributed by atoms with Crippen LogP contribution in [0.2, 0.25) is 0 Å². The Balaban J connectivity index is 0.00000162. The van der Waals surface area contributed by atoms with E-state index in [0.717, 1.165) is 44.1 Å². The Bertz CT molecular complexity index is 367. The lowest BCUT2D eigenvalue weighted by molar-refractivity contribution is 0.154. The van der Waals surface area contributed by atoms with Crippen LogP contribution in [0.5, 0.6) is 0 Å². The summed E-state index contributed by atoms with van der Waals surface area (Å²) >= 11 is 0. The minimum absolute atomic E-state index is 0. The molecule has 0 bridgehead atoms. The maximum absolute atomic E-state index is 5.87. The Morgan fingerprint density at radius 3 is 2.47 bits per heavy atom. The van der Waals surface area contributed by atoms with Crippen molar-refractivity contribution in [2.75, 3.05) is 26.2 Å². The van der Waals surface area contributed by atoms with Crippen molar-refractivity contribution in [3.8, 4) is 0 Å². The highest BCUT2D eigenvalue weighted by molar-refractivity contribution is 5.85. The summed E-state index contributed by atoms with van der Waals surface area (Å²) in [5.74, 6) is 2.12. The summed E-state index contributed by atoms with van der Waals surface area (Å²) in [6.07, 6.45) is 2.94. The fourth-order valence-corrected chi connectivity index (χ4v) is 2.36. The van der Waals surface area contributed by atoms with Crippen LogP contribution >= 0.6 is 24.8 Å². The number of hydrogen-bond donors (Lipinski definition) is 1. The number of rotatable bonds is 4. The first kappa shape index (κ1) is 18.5. The van der Waals surface area contributed by atoms with E-state index in [0.29, 0.717) is 6.04 Å². The fourth-order valence-electron chi connectivity index (χ4n) is 2.36. The van der Waals surface area contributed by atoms with Crippen LogP contribution in [0.4, 0.5) is 0 Å². The lowest BCUT2D eigenvalue weighted by Crippen LogP contribution is -2.45. The Hall–Kier alpha value is -0.480. The van der Waals surface area contributed by atoms with Crippen molar-refractivity contribution in [3.63, 3.8) is 0 Å². The molecule has 1 saturated heterocycles. The van der Waals surface area contributed by atoms with Gasteiger partial charge in [-0.25, -0.2) is 0 Å². The predicted octanol–water partition coefficient (Wildman–Crippen LogP) is 3.26. The average molecular weight is 307 g/mol. The molecule has 3 nitrogen and oxygen atoms in total. The molecule has 1 aromatic rings. The van der Waals surface area contributed by atoms with Gasteiger partial charge in [-0.05, 0) is 31.9 Å². The standard InChI is InChI=1S/C14H22N2O.2ClH/c1-4-5-13(16-8-6-15-7-9-16)14-10-11(2)12(3)17-14;;/h4,10,13,15H,1,5-9H2,2-3H3;2*1H/t13-;;/m1../s1. The van der Waals surface area contributed by atoms with Crippen molar-refractivity contribution >= 4 is 24.8 Å². The van der Waals surface area contributed by atoms with Gasteiger partial charge in [-0.2, -0.15) is 0 Å². The minimum atomic E-state index is 0. The zero-order valence-corrected chi connectivity index (χ0v) is 13.3. The third-order valence-corrected chi connectivity index (χ3v) is 3.50. The van der Waals surface area contributed by atoms with Crippen LogP contribution in [-0.2, 0) is 0 Å². The number of halogens is 2. The summed E-state index contributed by atoms with van der Waals surface area (Å²) in [6.45, 7) is 12.3. The Morgan fingerprint density at radius 1 is 1.37 bits per heavy atom. The monoisotopic (exact) mass is 306 g/mol. The number of nitrogens with zero attached hydrogens (tertiary/aromatic N) is 1. The van der Waals surface area contributed by atoms with Gasteiger partial charge in [-0.15, -0.1) is 31.4 Å². The van der Waals surface area contributed by atoms with E-state index in [2.05, 4.69) is 29.8 Å². The summed E-state index contributed by atoms with van der Waals surface area (Å²) < 4.78 is 5.87. The first-order valence-electron chi connectivity index (χ1n) is 6.35. The van der Waals surface area contributed by atoms with Gasteiger partial charge in [0, 0.05) is 26.2 Å². The van der Waals surface area contributed by atoms with Crippen molar-refractivity contribution < 1.29 is 4.42 Å². The van der Waals surface area contributed by atoms with E-state index in [-0.39, 0.29) is 24.8 Å². The molecule has 0 amide bonds. The molecule has 0 saturated carbocycles. The van der Waals surface area contributed by atoms with Crippen LogP contribution in [0, 0.1) is 13.8 Å². The lowest BCUT2D eigenvalue weighted by Gasteiger charge is -2.33. The minimum Gasteiger partial charge on any atom is -0.464 e. The van der Waals surface area contributed by atoms with Crippen molar-refractivity contribution in [1.29, 1.82) is 0 Å². The Morgan fingerprint density at radius 2 is 2.00 bits per heavy atom. The van der Waals surface area contributed by atoms with Gasteiger partial charge in [0.2, 0.25) is 0 Å². The number of piperazine rings is 1. The summed E-state index contributed by atoms with van der Waals surface area (Å²) in [7, 11) is 0. The van der Waals surface area contributed by atoms with Crippen LogP contribution in [-0.4, -0.2) is 31.1 Å². The zero-order chi connectivity index (χ0) is 12.3. The van der Waals surface area contributed by atoms with Gasteiger partial charge in [0.05, 0.1) is 6.04 Å². The van der Waals surface area contributed by atoms with Crippen molar-refractivity contribution in [2.45, 2.75) is 26.3 Å². The molecule has 0 radical (unpaired) electrons. The van der Waals surface area contributed by atoms with Crippen LogP contribution in [0.1, 0.15) is 29.5 Å². The van der Waals surface area contributed by atoms with Gasteiger partial charge in [0.15, 0.2) is 0 Å². The van der Waals surface area contributed by atoms with E-state index in [1.165, 1.54) is 5.56 Å². The topological polar surface area (TPSA) is 28.4 Å². The highest BCUT2D eigenvalue weighted by Gasteiger charge is 2.24. The molecule has 110 valence electrons. The van der Waals surface area contributed by atoms with E-state index in [1.54, 1.807) is 0 Å². The molecule has 19 heavy (non-hydrogen) atoms. The largest absolute Gasteiger partial charge is 0.464 e. The molecule has 0 spiro atoms. The summed E-state index contributed by atoms with van der Waals surface area (Å²) in [6, 6.07) is 2.52. The molecule has 1 atom stereocenters. The van der Waals surface area contributed by atoms with Gasteiger partial charge >= 0.3 is 0 Å². The second-order valence-electron chi connectivity index (χ2n) is 4.71. The molecule has 0 aliphatic carbocycles. The predicted molar refractivity (Wildman–Crippen MR) is 84.7 cm³/mol. The first-order valence-corrected chi connectivity index (χ1v) is 6.35. The molecule has 0 unspecified atom stereocenters. The van der Waals surface area contributed by atoms with Gasteiger partial charge in [-0.1, -0.05) is 6.08 Å². The Kier molecular flexibility index (Phi) is 8.42. The summed E-state index contributed by atoms with van der Waals surface area (Å²) in [5.41, 5.74) is 1.24. The fraction of sp³-hybridized carbons (Fsp3) is 0.571. The third-order valence-electron chi connectivity index (χ3n) is 3.50. The molecule has 2 heterocycles. The van der Waals surface area contributed by atoms with Gasteiger partial charge < -0.3 is 9.73 Å². The molecule has 5 heteroatoms. The van der Waals surface area contributed by atoms with E-state index in [4.69, 9.17) is 4.42 Å². The molecule has 1 aromatic heterocycles. The normalized spacial score (nSPS) is 17.2. The van der Waals surface area contributed by atoms with Crippen LogP contribution in [0.15, 0.2) is 23.1 Å². The smallest absolute Gasteiger partial charge is 0.121 e. The van der Waals surface area contributed by atoms with Gasteiger partial charge in [-0.3, -0.25) is 4.90 Å². The quantitative estimate of drug-likeness (QED) is 0.866. The van der Waals surface area contributed by atoms with E-state index < -0.39 is 0 Å². The van der Waals surface area contributed by atoms with Gasteiger partial charge in [0.1, 0.15) is 11.5 Å². The number of hydrogen-bond acceptors (Lipinski definition) is 3. The Labute approximate surface area is 128 Å². The summed E-state index contributed by atoms with van der Waals surface area (Å²) in [5, 5.41) is 3.38. The van der Waals surface area contributed by atoms with E-state index in [1.807, 2.05) is 13.0 Å². The molecule has 0 aromatic carbocycles. The summed E-state index contributed by atoms with van der Waals surface area (Å²) in [4.78, 5) is 2.48. The van der Waals surface area contributed by atoms with Crippen molar-refractivity contribution in [2.24, 2.45) is 0 Å². The first-order chi connectivity index (χ1) is 8.22. The zero-order valence-electron chi connectivity index (χ0n) is 11.6. The number of furan rings is 1. The van der Waals surface area contributed by atoms with Gasteiger partial charge in [0.25, 0.3) is 0 Å². The molecule has 2 rings (SSSR count). The molecule has 1 aliphatic heterocycles. The van der Waals surface area contributed by atoms with E-state index >= 15 is 0 Å². The molecule has 1 aliphatic rings. The maximum Gasteiger partial charge on any atom is 0.121 e. The van der Waals surface area contributed by atoms with Crippen molar-refractivity contribution in [1.82, 2.24) is 10.2 Å². The third kappa shape index (κ3) is 4.53. The number of nitrogens with one attached hydrogen (secondary N) is 1. The maximum atomic E-state index is 5.87. The second-order valence-corrected chi connectivity index (χ2v) is 4.71. The molecule has 1 N–H and O–H groups in total. The van der Waals surface area contributed by atoms with Crippen LogP contribution in [0.25, 0.3) is 0 Å². The molecular weight excluding hydrogens is 283 g/mol. The highest BCUT2D eigenvalue weighted by Crippen LogP contribution is 2.28. The average Bonchev–Trinajstić information content (AvgIpc) is 2.67. The SMILES string of the molecule is C=CC[C@H](c1cc(C)c(C)o1)N1CCNCC1.Cl.Cl. The van der Waals surface area contributed by atoms with Crippen molar-refractivity contribution in [3.05, 3.63) is 35.8 Å². The second kappa shape index (κ2) is 8.64. The highest BCUT2D eigenvalue weighted by atomic mass is 35.5. The molecule has 1 fully saturated rings. The molecular formula is C14H24Cl2N2O. The number of aryl methyl sites for hydroxylation is 2. The van der Waals surface area contributed by atoms with Crippen LogP contribution < -0.4 is 5.32 Å². The lowest BCUT2D eigenvalue weighted by atomic mass is 10.1.